The number of rotatable bonds is 6. The molecule has 2 aromatic rings. The molecule has 2 rings (SSSR count). The van der Waals surface area contributed by atoms with Gasteiger partial charge in [0.05, 0.1) is 0 Å². The Hall–Kier alpha value is -2.08. The normalized spacial score (nSPS) is 11.3. The van der Waals surface area contributed by atoms with Crippen LogP contribution in [0.1, 0.15) is 47.2 Å². The quantitative estimate of drug-likeness (QED) is 0.567. The zero-order chi connectivity index (χ0) is 17.0. The zero-order valence-electron chi connectivity index (χ0n) is 14.9. The minimum atomic E-state index is -0.0206. The molecule has 0 amide bonds. The van der Waals surface area contributed by atoms with Crippen molar-refractivity contribution < 1.29 is 0 Å². The van der Waals surface area contributed by atoms with Crippen molar-refractivity contribution in [2.24, 2.45) is 0 Å². The summed E-state index contributed by atoms with van der Waals surface area (Å²) >= 11 is 0. The maximum atomic E-state index is 3.88. The van der Waals surface area contributed by atoms with Gasteiger partial charge in [-0.2, -0.15) is 0 Å². The maximum absolute atomic E-state index is 3.88. The molecule has 0 heteroatoms. The number of hydrogen-bond acceptors (Lipinski definition) is 0. The van der Waals surface area contributed by atoms with E-state index in [1.807, 2.05) is 12.2 Å². The summed E-state index contributed by atoms with van der Waals surface area (Å²) in [5, 5.41) is 0. The number of allylic oxidation sites excluding steroid dienone is 2. The van der Waals surface area contributed by atoms with E-state index in [2.05, 4.69) is 77.3 Å². The van der Waals surface area contributed by atoms with Gasteiger partial charge in [-0.15, -0.1) is 13.2 Å². The molecule has 0 nitrogen and oxygen atoms in total. The molecule has 0 aromatic heterocycles. The van der Waals surface area contributed by atoms with Gasteiger partial charge >= 0.3 is 0 Å². The Balaban J connectivity index is 2.49. The lowest BCUT2D eigenvalue weighted by Crippen LogP contribution is -2.19. The molecule has 0 aliphatic rings. The van der Waals surface area contributed by atoms with Gasteiger partial charge in [-0.3, -0.25) is 0 Å². The second-order valence-electron chi connectivity index (χ2n) is 6.89. The van der Waals surface area contributed by atoms with Gasteiger partial charge in [0, 0.05) is 5.41 Å². The van der Waals surface area contributed by atoms with E-state index in [0.29, 0.717) is 0 Å². The molecule has 2 aromatic carbocycles. The van der Waals surface area contributed by atoms with Crippen molar-refractivity contribution in [3.63, 3.8) is 0 Å². The van der Waals surface area contributed by atoms with Crippen LogP contribution in [0.5, 0.6) is 0 Å². The van der Waals surface area contributed by atoms with Crippen LogP contribution in [0.3, 0.4) is 0 Å². The second kappa shape index (κ2) is 7.00. The van der Waals surface area contributed by atoms with Crippen LogP contribution in [0.25, 0.3) is 0 Å². The van der Waals surface area contributed by atoms with E-state index in [4.69, 9.17) is 0 Å². The summed E-state index contributed by atoms with van der Waals surface area (Å²) in [4.78, 5) is 0. The van der Waals surface area contributed by atoms with E-state index in [1.165, 1.54) is 33.4 Å². The monoisotopic (exact) mass is 304 g/mol. The summed E-state index contributed by atoms with van der Waals surface area (Å²) in [6, 6.07) is 13.7. The molecule has 0 radical (unpaired) electrons. The van der Waals surface area contributed by atoms with Crippen molar-refractivity contribution in [1.29, 1.82) is 0 Å². The first-order valence-corrected chi connectivity index (χ1v) is 8.32. The Morgan fingerprint density at radius 2 is 1.17 bits per heavy atom. The lowest BCUT2D eigenvalue weighted by Gasteiger charge is -2.28. The highest BCUT2D eigenvalue weighted by Crippen LogP contribution is 2.33. The minimum absolute atomic E-state index is 0.0206. The summed E-state index contributed by atoms with van der Waals surface area (Å²) in [6.45, 7) is 16.7. The lowest BCUT2D eigenvalue weighted by molar-refractivity contribution is 0.638. The smallest absolute Gasteiger partial charge is 0.0146 e. The lowest BCUT2D eigenvalue weighted by atomic mass is 9.76. The fourth-order valence-corrected chi connectivity index (χ4v) is 3.04. The van der Waals surface area contributed by atoms with Crippen LogP contribution >= 0.6 is 0 Å². The van der Waals surface area contributed by atoms with Crippen molar-refractivity contribution in [2.45, 2.75) is 46.0 Å². The average Bonchev–Trinajstić information content (AvgIpc) is 2.51. The van der Waals surface area contributed by atoms with E-state index in [-0.39, 0.29) is 5.41 Å². The van der Waals surface area contributed by atoms with Gasteiger partial charge in [-0.05, 0) is 60.1 Å². The third kappa shape index (κ3) is 3.64. The summed E-state index contributed by atoms with van der Waals surface area (Å²) in [5.41, 5.74) is 8.09. The highest BCUT2D eigenvalue weighted by atomic mass is 14.3. The number of hydrogen-bond donors (Lipinski definition) is 0. The molecule has 23 heavy (non-hydrogen) atoms. The van der Waals surface area contributed by atoms with Crippen molar-refractivity contribution in [2.75, 3.05) is 0 Å². The van der Waals surface area contributed by atoms with Crippen LogP contribution in [0.15, 0.2) is 61.7 Å². The Labute approximate surface area is 141 Å². The molecular weight excluding hydrogens is 276 g/mol. The van der Waals surface area contributed by atoms with Gasteiger partial charge in [-0.25, -0.2) is 0 Å². The SMILES string of the molecule is C=CCc1cc(C(C)(C)c2ccc(C)c(CC=C)c2)ccc1C. The van der Waals surface area contributed by atoms with E-state index in [0.717, 1.165) is 12.8 Å². The van der Waals surface area contributed by atoms with E-state index in [9.17, 15) is 0 Å². The fraction of sp³-hybridized carbons (Fsp3) is 0.304. The maximum Gasteiger partial charge on any atom is 0.0146 e. The van der Waals surface area contributed by atoms with Crippen LogP contribution in [0.4, 0.5) is 0 Å². The largest absolute Gasteiger partial charge is 0.103 e. The zero-order valence-corrected chi connectivity index (χ0v) is 14.9. The number of benzene rings is 2. The minimum Gasteiger partial charge on any atom is -0.103 e. The molecule has 0 heterocycles. The third-order valence-corrected chi connectivity index (χ3v) is 4.87. The summed E-state index contributed by atoms with van der Waals surface area (Å²) in [6.07, 6.45) is 5.80. The van der Waals surface area contributed by atoms with Crippen LogP contribution in [0.2, 0.25) is 0 Å². The van der Waals surface area contributed by atoms with E-state index >= 15 is 0 Å². The molecule has 0 saturated carbocycles. The van der Waals surface area contributed by atoms with Gasteiger partial charge in [0.25, 0.3) is 0 Å². The van der Waals surface area contributed by atoms with Crippen molar-refractivity contribution in [3.8, 4) is 0 Å². The first kappa shape index (κ1) is 17.3. The van der Waals surface area contributed by atoms with Gasteiger partial charge in [0.15, 0.2) is 0 Å². The van der Waals surface area contributed by atoms with E-state index < -0.39 is 0 Å². The first-order valence-electron chi connectivity index (χ1n) is 8.32. The van der Waals surface area contributed by atoms with Crippen molar-refractivity contribution >= 4 is 0 Å². The highest BCUT2D eigenvalue weighted by molar-refractivity contribution is 5.45. The predicted octanol–water partition coefficient (Wildman–Crippen LogP) is 6.09. The van der Waals surface area contributed by atoms with Crippen LogP contribution in [0, 0.1) is 13.8 Å². The average molecular weight is 304 g/mol. The van der Waals surface area contributed by atoms with Crippen LogP contribution in [-0.2, 0) is 18.3 Å². The molecule has 0 aliphatic carbocycles. The molecule has 120 valence electrons. The first-order chi connectivity index (χ1) is 10.9. The third-order valence-electron chi connectivity index (χ3n) is 4.87. The van der Waals surface area contributed by atoms with Crippen LogP contribution in [-0.4, -0.2) is 0 Å². The molecule has 0 atom stereocenters. The molecule has 0 fully saturated rings. The fourth-order valence-electron chi connectivity index (χ4n) is 3.04. The molecule has 0 saturated heterocycles. The van der Waals surface area contributed by atoms with Gasteiger partial charge in [0.1, 0.15) is 0 Å². The van der Waals surface area contributed by atoms with E-state index in [1.54, 1.807) is 0 Å². The van der Waals surface area contributed by atoms with Crippen molar-refractivity contribution in [1.82, 2.24) is 0 Å². The predicted molar refractivity (Wildman–Crippen MR) is 102 cm³/mol. The Morgan fingerprint density at radius 1 is 0.783 bits per heavy atom. The molecule has 0 bridgehead atoms. The summed E-state index contributed by atoms with van der Waals surface area (Å²) < 4.78 is 0. The highest BCUT2D eigenvalue weighted by Gasteiger charge is 2.24. The van der Waals surface area contributed by atoms with Crippen molar-refractivity contribution in [3.05, 3.63) is 95.1 Å². The van der Waals surface area contributed by atoms with Gasteiger partial charge < -0.3 is 0 Å². The number of aryl methyl sites for hydroxylation is 2. The second-order valence-corrected chi connectivity index (χ2v) is 6.89. The Bertz CT molecular complexity index is 655. The van der Waals surface area contributed by atoms with Crippen LogP contribution < -0.4 is 0 Å². The summed E-state index contributed by atoms with van der Waals surface area (Å²) in [5.74, 6) is 0. The molecule has 0 unspecified atom stereocenters. The van der Waals surface area contributed by atoms with Gasteiger partial charge in [0.2, 0.25) is 0 Å². The molecule has 0 aliphatic heterocycles. The standard InChI is InChI=1S/C23H28/c1-7-9-19-15-21(13-11-17(19)3)23(5,6)22-14-12-18(4)20(16-22)10-8-2/h7-8,11-16H,1-2,9-10H2,3-6H3. The Kier molecular flexibility index (Phi) is 5.26. The molecule has 0 N–H and O–H groups in total. The Morgan fingerprint density at radius 3 is 1.52 bits per heavy atom. The summed E-state index contributed by atoms with van der Waals surface area (Å²) in [7, 11) is 0. The topological polar surface area (TPSA) is 0 Å². The molecular formula is C23H28. The molecule has 0 spiro atoms. The van der Waals surface area contributed by atoms with Gasteiger partial charge in [-0.1, -0.05) is 62.4 Å².